The summed E-state index contributed by atoms with van der Waals surface area (Å²) >= 11 is 6.39. The molecule has 0 aliphatic heterocycles. The molecule has 4 aromatic heterocycles. The van der Waals surface area contributed by atoms with E-state index in [1.807, 2.05) is 51.7 Å². The van der Waals surface area contributed by atoms with Gasteiger partial charge in [-0.2, -0.15) is 20.4 Å². The van der Waals surface area contributed by atoms with E-state index < -0.39 is 11.2 Å². The first kappa shape index (κ1) is 41.7. The van der Waals surface area contributed by atoms with E-state index in [1.165, 1.54) is 5.56 Å². The molecule has 8 bridgehead atoms. The molecule has 4 atom stereocenters. The number of halogens is 1. The number of carbonyl (C=O) groups is 2. The topological polar surface area (TPSA) is 181 Å². The van der Waals surface area contributed by atoms with Gasteiger partial charge >= 0.3 is 0 Å². The lowest BCUT2D eigenvalue weighted by atomic mass is 9.52. The zero-order valence-corrected chi connectivity index (χ0v) is 36.6. The second kappa shape index (κ2) is 15.2. The molecule has 8 aliphatic carbocycles. The highest BCUT2D eigenvalue weighted by molar-refractivity contribution is 6.32. The first-order valence-corrected chi connectivity index (χ1v) is 21.9. The van der Waals surface area contributed by atoms with Crippen molar-refractivity contribution in [1.82, 2.24) is 50.2 Å². The van der Waals surface area contributed by atoms with Crippen LogP contribution in [0.2, 0.25) is 5.15 Å². The van der Waals surface area contributed by atoms with Gasteiger partial charge < -0.3 is 20.8 Å². The molecular weight excluding hydrogens is 768 g/mol. The van der Waals surface area contributed by atoms with E-state index in [-0.39, 0.29) is 35.0 Å². The average molecular weight is 832 g/mol. The summed E-state index contributed by atoms with van der Waals surface area (Å²) in [6.45, 7) is 16.2. The molecule has 8 fully saturated rings. The summed E-state index contributed by atoms with van der Waals surface area (Å²) in [6, 6.07) is 0.299. The number of hydrogen-bond acceptors (Lipinski definition) is 8. The van der Waals surface area contributed by atoms with Crippen LogP contribution in [0.15, 0.2) is 37.2 Å². The number of H-pyrrole nitrogens is 1. The Hall–Kier alpha value is -4.01. The zero-order chi connectivity index (χ0) is 42.2. The number of carbonyl (C=O) groups excluding carboxylic acids is 2. The van der Waals surface area contributed by atoms with Gasteiger partial charge in [0.05, 0.1) is 52.6 Å². The average Bonchev–Trinajstić information content (AvgIpc) is 3.94. The van der Waals surface area contributed by atoms with Crippen LogP contribution in [0.1, 0.15) is 138 Å². The van der Waals surface area contributed by atoms with Gasteiger partial charge in [-0.25, -0.2) is 14.0 Å². The van der Waals surface area contributed by atoms with Crippen molar-refractivity contribution in [1.29, 1.82) is 0 Å². The Morgan fingerprint density at radius 3 is 1.54 bits per heavy atom. The van der Waals surface area contributed by atoms with Crippen molar-refractivity contribution in [3.05, 3.63) is 64.6 Å². The first-order valence-electron chi connectivity index (χ1n) is 21.5. The summed E-state index contributed by atoms with van der Waals surface area (Å²) in [6.07, 6.45) is 20.2. The van der Waals surface area contributed by atoms with Crippen molar-refractivity contribution in [2.75, 3.05) is 0 Å². The molecule has 0 radical (unpaired) electrons. The number of amides is 2. The van der Waals surface area contributed by atoms with Gasteiger partial charge in [-0.15, -0.1) is 0 Å². The molecule has 14 nitrogen and oxygen atoms in total. The summed E-state index contributed by atoms with van der Waals surface area (Å²) in [5.74, 6) is 3.26. The number of nitrogens with one attached hydrogen (secondary N) is 3. The van der Waals surface area contributed by atoms with Gasteiger partial charge in [0.25, 0.3) is 11.8 Å². The third kappa shape index (κ3) is 8.38. The largest absolute Gasteiger partial charge is 0.390 e. The Labute approximate surface area is 352 Å². The molecule has 12 rings (SSSR count). The van der Waals surface area contributed by atoms with Crippen LogP contribution in [0.3, 0.4) is 0 Å². The number of nitrogens with zero attached hydrogens (tertiary/aromatic N) is 7. The van der Waals surface area contributed by atoms with Crippen LogP contribution >= 0.6 is 11.6 Å². The van der Waals surface area contributed by atoms with Crippen molar-refractivity contribution in [2.24, 2.45) is 35.5 Å². The molecule has 320 valence electrons. The highest BCUT2D eigenvalue weighted by Crippen LogP contribution is 2.57. The van der Waals surface area contributed by atoms with E-state index >= 15 is 0 Å². The van der Waals surface area contributed by atoms with Gasteiger partial charge in [0.1, 0.15) is 10.7 Å². The Bertz CT molecular complexity index is 2130. The predicted molar refractivity (Wildman–Crippen MR) is 224 cm³/mol. The van der Waals surface area contributed by atoms with Gasteiger partial charge in [-0.3, -0.25) is 14.7 Å². The summed E-state index contributed by atoms with van der Waals surface area (Å²) in [5, 5.41) is 48.1. The van der Waals surface area contributed by atoms with Crippen LogP contribution in [-0.2, 0) is 11.1 Å². The van der Waals surface area contributed by atoms with Gasteiger partial charge in [0.15, 0.2) is 5.82 Å². The van der Waals surface area contributed by atoms with Crippen LogP contribution in [-0.4, -0.2) is 84.9 Å². The van der Waals surface area contributed by atoms with Crippen LogP contribution in [0, 0.1) is 49.4 Å². The SMILES string of the molecule is CC(C)(C)n1ncc(C(=O)NC2C3CC4CC2CC(O)(C4)C3)c1Cl.Cc1cn[nH]c1.Cc1cnn(-c2c(C(=O)NC3C4CC5CC3CC(O)(C5)C4)cnn2C(C)(C)C)c1. The van der Waals surface area contributed by atoms with Gasteiger partial charge in [-0.1, -0.05) is 11.6 Å². The highest BCUT2D eigenvalue weighted by atomic mass is 35.5. The lowest BCUT2D eigenvalue weighted by Gasteiger charge is -2.58. The lowest BCUT2D eigenvalue weighted by molar-refractivity contribution is -0.137. The van der Waals surface area contributed by atoms with E-state index in [4.69, 9.17) is 11.6 Å². The molecule has 15 heteroatoms. The van der Waals surface area contributed by atoms with Gasteiger partial charge in [0, 0.05) is 24.5 Å². The molecule has 8 saturated carbocycles. The smallest absolute Gasteiger partial charge is 0.256 e. The molecule has 0 aromatic carbocycles. The maximum Gasteiger partial charge on any atom is 0.256 e. The second-order valence-electron chi connectivity index (χ2n) is 21.0. The minimum absolute atomic E-state index is 0.0897. The van der Waals surface area contributed by atoms with E-state index in [0.29, 0.717) is 57.6 Å². The normalized spacial score (nSPS) is 32.6. The van der Waals surface area contributed by atoms with Crippen LogP contribution in [0.4, 0.5) is 0 Å². The van der Waals surface area contributed by atoms with Crippen LogP contribution in [0.5, 0.6) is 0 Å². The summed E-state index contributed by atoms with van der Waals surface area (Å²) in [7, 11) is 0. The number of aliphatic hydroxyl groups is 2. The van der Waals surface area contributed by atoms with E-state index in [0.717, 1.165) is 69.8 Å². The van der Waals surface area contributed by atoms with Crippen molar-refractivity contribution in [3.63, 3.8) is 0 Å². The second-order valence-corrected chi connectivity index (χ2v) is 21.4. The Morgan fingerprint density at radius 2 is 1.17 bits per heavy atom. The van der Waals surface area contributed by atoms with Crippen LogP contribution in [0.25, 0.3) is 5.82 Å². The summed E-state index contributed by atoms with van der Waals surface area (Å²) < 4.78 is 5.30. The third-order valence-electron chi connectivity index (χ3n) is 13.9. The van der Waals surface area contributed by atoms with Gasteiger partial charge in [0.2, 0.25) is 0 Å². The number of hydrogen-bond donors (Lipinski definition) is 5. The third-order valence-corrected chi connectivity index (χ3v) is 14.2. The van der Waals surface area contributed by atoms with Crippen molar-refractivity contribution in [2.45, 2.75) is 154 Å². The molecule has 4 heterocycles. The molecule has 59 heavy (non-hydrogen) atoms. The first-order chi connectivity index (χ1) is 27.7. The molecule has 4 unspecified atom stereocenters. The number of rotatable bonds is 5. The Kier molecular flexibility index (Phi) is 10.7. The fraction of sp³-hybridized carbons (Fsp3) is 0.682. The number of aromatic nitrogens is 8. The van der Waals surface area contributed by atoms with Gasteiger partial charge in [-0.05, 0) is 166 Å². The predicted octanol–water partition coefficient (Wildman–Crippen LogP) is 6.48. The number of aryl methyl sites for hydroxylation is 2. The summed E-state index contributed by atoms with van der Waals surface area (Å²) in [5.41, 5.74) is 1.69. The maximum absolute atomic E-state index is 13.4. The fourth-order valence-corrected chi connectivity index (χ4v) is 12.3. The molecule has 0 spiro atoms. The molecule has 4 aromatic rings. The van der Waals surface area contributed by atoms with Crippen molar-refractivity contribution < 1.29 is 19.8 Å². The highest BCUT2D eigenvalue weighted by Gasteiger charge is 2.56. The molecule has 2 amide bonds. The lowest BCUT2D eigenvalue weighted by Crippen LogP contribution is -2.61. The minimum atomic E-state index is -0.493. The molecule has 5 N–H and O–H groups in total. The van der Waals surface area contributed by atoms with Crippen molar-refractivity contribution in [3.8, 4) is 5.82 Å². The van der Waals surface area contributed by atoms with E-state index in [9.17, 15) is 19.8 Å². The maximum atomic E-state index is 13.4. The Balaban J connectivity index is 0.000000146. The standard InChI is InChI=1S/C22H31N5O2.C18H26ClN3O2.C4H6N2/c1-13-10-23-26(12-13)20-17(11-24-27(20)21(2,3)4)19(28)25-18-15-5-14-6-16(18)9-22(29,7-14)8-15;1-17(2,3)22-15(19)13(9-20-22)16(23)21-14-11-4-10-5-12(14)8-18(24,6-10)7-11;1-4-2-5-6-3-4/h10-12,14-16,18,29H,5-9H2,1-4H3,(H,25,28);9-12,14,24H,4-8H2,1-3H3,(H,21,23);2-3H,1H3,(H,5,6). The Morgan fingerprint density at radius 1 is 0.695 bits per heavy atom. The fourth-order valence-electron chi connectivity index (χ4n) is 11.9. The quantitative estimate of drug-likeness (QED) is 0.152. The minimum Gasteiger partial charge on any atom is -0.390 e. The van der Waals surface area contributed by atoms with E-state index in [2.05, 4.69) is 56.9 Å². The molecule has 0 saturated heterocycles. The van der Waals surface area contributed by atoms with Crippen molar-refractivity contribution >= 4 is 23.4 Å². The zero-order valence-electron chi connectivity index (χ0n) is 35.9. The summed E-state index contributed by atoms with van der Waals surface area (Å²) in [4.78, 5) is 26.2. The van der Waals surface area contributed by atoms with Crippen LogP contribution < -0.4 is 10.6 Å². The molecular formula is C44H63ClN10O4. The monoisotopic (exact) mass is 830 g/mol. The van der Waals surface area contributed by atoms with E-state index in [1.54, 1.807) is 34.2 Å². The molecule has 8 aliphatic rings. The number of aromatic amines is 1.